The van der Waals surface area contributed by atoms with E-state index in [1.54, 1.807) is 0 Å². The number of anilines is 1. The molecule has 1 amide bonds. The van der Waals surface area contributed by atoms with Crippen molar-refractivity contribution in [3.8, 4) is 0 Å². The van der Waals surface area contributed by atoms with Crippen LogP contribution in [0.3, 0.4) is 0 Å². The van der Waals surface area contributed by atoms with Crippen molar-refractivity contribution < 1.29 is 9.32 Å². The summed E-state index contributed by atoms with van der Waals surface area (Å²) in [6.07, 6.45) is 1.90. The van der Waals surface area contributed by atoms with E-state index in [0.29, 0.717) is 12.5 Å². The van der Waals surface area contributed by atoms with Crippen molar-refractivity contribution in [1.29, 1.82) is 0 Å². The lowest BCUT2D eigenvalue weighted by Crippen LogP contribution is -2.51. The number of hydrogen-bond acceptors (Lipinski definition) is 7. The molecule has 0 aliphatic carbocycles. The Kier molecular flexibility index (Phi) is 6.87. The zero-order chi connectivity index (χ0) is 21.8. The van der Waals surface area contributed by atoms with Crippen LogP contribution in [-0.2, 0) is 11.3 Å². The van der Waals surface area contributed by atoms with Gasteiger partial charge in [0.2, 0.25) is 11.8 Å². The fourth-order valence-electron chi connectivity index (χ4n) is 4.43. The first-order chi connectivity index (χ1) is 15.0. The van der Waals surface area contributed by atoms with Crippen molar-refractivity contribution in [2.45, 2.75) is 32.2 Å². The van der Waals surface area contributed by atoms with Crippen LogP contribution in [0, 0.1) is 6.92 Å². The summed E-state index contributed by atoms with van der Waals surface area (Å²) in [6, 6.07) is 8.68. The van der Waals surface area contributed by atoms with Crippen molar-refractivity contribution in [3.63, 3.8) is 0 Å². The summed E-state index contributed by atoms with van der Waals surface area (Å²) in [5, 5.41) is 4.02. The number of nitrogens with zero attached hydrogens (tertiary/aromatic N) is 6. The molecule has 0 atom stereocenters. The number of carbonyl (C=O) groups excluding carboxylic acids is 1. The lowest BCUT2D eigenvalue weighted by molar-refractivity contribution is -0.134. The second-order valence-corrected chi connectivity index (χ2v) is 9.02. The molecule has 0 spiro atoms. The summed E-state index contributed by atoms with van der Waals surface area (Å²) in [4.78, 5) is 25.9. The van der Waals surface area contributed by atoms with E-state index < -0.39 is 0 Å². The minimum atomic E-state index is 0.251. The SMILES string of the molecule is Cc1cccc(CN2CCN(C(=O)CN3CCC(c4nc(N(C)C)no4)CC3)CC2)c1. The summed E-state index contributed by atoms with van der Waals surface area (Å²) >= 11 is 0. The van der Waals surface area contributed by atoms with Crippen LogP contribution in [0.15, 0.2) is 28.8 Å². The molecule has 0 saturated carbocycles. The maximum absolute atomic E-state index is 12.8. The molecule has 2 aliphatic heterocycles. The Labute approximate surface area is 184 Å². The molecule has 31 heavy (non-hydrogen) atoms. The second kappa shape index (κ2) is 9.78. The van der Waals surface area contributed by atoms with Crippen LogP contribution in [-0.4, -0.2) is 90.7 Å². The van der Waals surface area contributed by atoms with E-state index in [0.717, 1.165) is 64.5 Å². The third-order valence-electron chi connectivity index (χ3n) is 6.34. The average molecular weight is 427 g/mol. The van der Waals surface area contributed by atoms with Gasteiger partial charge in [0.1, 0.15) is 0 Å². The number of likely N-dealkylation sites (tertiary alicyclic amines) is 1. The van der Waals surface area contributed by atoms with Gasteiger partial charge in [0.15, 0.2) is 0 Å². The van der Waals surface area contributed by atoms with Gasteiger partial charge in [0.05, 0.1) is 6.54 Å². The summed E-state index contributed by atoms with van der Waals surface area (Å²) in [6.45, 7) is 8.89. The molecule has 168 valence electrons. The zero-order valence-corrected chi connectivity index (χ0v) is 19.0. The Hall–Kier alpha value is -2.45. The molecule has 0 N–H and O–H groups in total. The maximum Gasteiger partial charge on any atom is 0.265 e. The van der Waals surface area contributed by atoms with E-state index >= 15 is 0 Å². The lowest BCUT2D eigenvalue weighted by atomic mass is 9.97. The predicted molar refractivity (Wildman–Crippen MR) is 120 cm³/mol. The second-order valence-electron chi connectivity index (χ2n) is 9.02. The Morgan fingerprint density at radius 3 is 2.48 bits per heavy atom. The predicted octanol–water partition coefficient (Wildman–Crippen LogP) is 1.97. The van der Waals surface area contributed by atoms with Crippen LogP contribution in [0.25, 0.3) is 0 Å². The third-order valence-corrected chi connectivity index (χ3v) is 6.34. The van der Waals surface area contributed by atoms with E-state index in [1.807, 2.05) is 23.9 Å². The fraction of sp³-hybridized carbons (Fsp3) is 0.609. The molecule has 0 radical (unpaired) electrons. The summed E-state index contributed by atoms with van der Waals surface area (Å²) in [5.74, 6) is 1.88. The van der Waals surface area contributed by atoms with Gasteiger partial charge in [0, 0.05) is 52.7 Å². The molecular weight excluding hydrogens is 392 g/mol. The average Bonchev–Trinajstić information content (AvgIpc) is 3.25. The number of aromatic nitrogens is 2. The van der Waals surface area contributed by atoms with Crippen molar-refractivity contribution in [2.75, 3.05) is 64.8 Å². The topological polar surface area (TPSA) is 69.0 Å². The van der Waals surface area contributed by atoms with Gasteiger partial charge in [-0.2, -0.15) is 4.98 Å². The minimum Gasteiger partial charge on any atom is -0.344 e. The van der Waals surface area contributed by atoms with Crippen LogP contribution in [0.5, 0.6) is 0 Å². The third kappa shape index (κ3) is 5.62. The van der Waals surface area contributed by atoms with Gasteiger partial charge in [-0.25, -0.2) is 0 Å². The quantitative estimate of drug-likeness (QED) is 0.699. The standard InChI is InChI=1S/C23H34N6O2/c1-18-5-4-6-19(15-18)16-28-11-13-29(14-12-28)21(30)17-27-9-7-20(8-10-27)22-24-23(25-31-22)26(2)3/h4-6,15,20H,7-14,16-17H2,1-3H3. The fourth-order valence-corrected chi connectivity index (χ4v) is 4.43. The highest BCUT2D eigenvalue weighted by Gasteiger charge is 2.28. The van der Waals surface area contributed by atoms with Crippen LogP contribution in [0.1, 0.15) is 35.8 Å². The summed E-state index contributed by atoms with van der Waals surface area (Å²) < 4.78 is 5.43. The first-order valence-corrected chi connectivity index (χ1v) is 11.3. The monoisotopic (exact) mass is 426 g/mol. The van der Waals surface area contributed by atoms with Gasteiger partial charge in [-0.15, -0.1) is 0 Å². The van der Waals surface area contributed by atoms with E-state index in [2.05, 4.69) is 51.1 Å². The number of hydrogen-bond donors (Lipinski definition) is 0. The molecule has 3 heterocycles. The number of carbonyl (C=O) groups is 1. The van der Waals surface area contributed by atoms with Crippen LogP contribution < -0.4 is 4.90 Å². The Balaban J connectivity index is 1.19. The van der Waals surface area contributed by atoms with Crippen molar-refractivity contribution in [1.82, 2.24) is 24.8 Å². The van der Waals surface area contributed by atoms with E-state index in [1.165, 1.54) is 11.1 Å². The first-order valence-electron chi connectivity index (χ1n) is 11.3. The van der Waals surface area contributed by atoms with Gasteiger partial charge in [-0.3, -0.25) is 14.6 Å². The molecular formula is C23H34N6O2. The van der Waals surface area contributed by atoms with Crippen molar-refractivity contribution in [2.24, 2.45) is 0 Å². The van der Waals surface area contributed by atoms with Gasteiger partial charge < -0.3 is 14.3 Å². The molecule has 8 heteroatoms. The smallest absolute Gasteiger partial charge is 0.265 e. The Morgan fingerprint density at radius 2 is 1.84 bits per heavy atom. The van der Waals surface area contributed by atoms with Gasteiger partial charge in [-0.05, 0) is 43.6 Å². The number of aryl methyl sites for hydroxylation is 1. The minimum absolute atomic E-state index is 0.251. The molecule has 2 saturated heterocycles. The number of amides is 1. The molecule has 8 nitrogen and oxygen atoms in total. The van der Waals surface area contributed by atoms with Gasteiger partial charge in [-0.1, -0.05) is 29.8 Å². The van der Waals surface area contributed by atoms with Gasteiger partial charge >= 0.3 is 0 Å². The van der Waals surface area contributed by atoms with E-state index in [9.17, 15) is 4.79 Å². The van der Waals surface area contributed by atoms with Crippen LogP contribution >= 0.6 is 0 Å². The molecule has 1 aromatic heterocycles. The highest BCUT2D eigenvalue weighted by Crippen LogP contribution is 2.27. The molecule has 2 aromatic rings. The number of piperidine rings is 1. The van der Waals surface area contributed by atoms with E-state index in [4.69, 9.17) is 4.52 Å². The zero-order valence-electron chi connectivity index (χ0n) is 19.0. The normalized spacial score (nSPS) is 19.0. The molecule has 2 fully saturated rings. The highest BCUT2D eigenvalue weighted by atomic mass is 16.5. The molecule has 4 rings (SSSR count). The lowest BCUT2D eigenvalue weighted by Gasteiger charge is -2.37. The van der Waals surface area contributed by atoms with E-state index in [-0.39, 0.29) is 11.8 Å². The van der Waals surface area contributed by atoms with Gasteiger partial charge in [0.25, 0.3) is 5.95 Å². The van der Waals surface area contributed by atoms with Crippen LogP contribution in [0.2, 0.25) is 0 Å². The van der Waals surface area contributed by atoms with Crippen molar-refractivity contribution in [3.05, 3.63) is 41.3 Å². The van der Waals surface area contributed by atoms with Crippen LogP contribution in [0.4, 0.5) is 5.95 Å². The summed E-state index contributed by atoms with van der Waals surface area (Å²) in [5.41, 5.74) is 2.65. The number of benzene rings is 1. The first kappa shape index (κ1) is 21.8. The highest BCUT2D eigenvalue weighted by molar-refractivity contribution is 5.78. The Bertz CT molecular complexity index is 866. The maximum atomic E-state index is 12.8. The molecule has 2 aliphatic rings. The summed E-state index contributed by atoms with van der Waals surface area (Å²) in [7, 11) is 3.82. The van der Waals surface area contributed by atoms with Crippen molar-refractivity contribution >= 4 is 11.9 Å². The Morgan fingerprint density at radius 1 is 1.10 bits per heavy atom. The molecule has 1 aromatic carbocycles. The largest absolute Gasteiger partial charge is 0.344 e. The molecule has 0 bridgehead atoms. The molecule has 0 unspecified atom stereocenters. The number of piperazine rings is 1. The number of rotatable bonds is 6.